The summed E-state index contributed by atoms with van der Waals surface area (Å²) in [5, 5.41) is 0. The third kappa shape index (κ3) is 2.64. The van der Waals surface area contributed by atoms with Crippen molar-refractivity contribution in [3.63, 3.8) is 0 Å². The number of aldehydes is 1. The monoisotopic (exact) mass is 266 g/mol. The maximum atomic E-state index is 10.8. The smallest absolute Gasteiger partial charge is 0.295 e. The van der Waals surface area contributed by atoms with Gasteiger partial charge in [-0.2, -0.15) is 16.8 Å². The van der Waals surface area contributed by atoms with Crippen molar-refractivity contribution in [2.45, 2.75) is 9.79 Å². The predicted octanol–water partition coefficient (Wildman–Crippen LogP) is -0.00750. The van der Waals surface area contributed by atoms with Crippen LogP contribution in [0.4, 0.5) is 0 Å². The zero-order valence-corrected chi connectivity index (χ0v) is 9.19. The lowest BCUT2D eigenvalue weighted by Gasteiger charge is -2.04. The molecule has 0 saturated heterocycles. The first-order valence-electron chi connectivity index (χ1n) is 3.70. The molecule has 0 amide bonds. The van der Waals surface area contributed by atoms with Gasteiger partial charge in [0.1, 0.15) is 16.1 Å². The lowest BCUT2D eigenvalue weighted by Crippen LogP contribution is -2.08. The maximum Gasteiger partial charge on any atom is 0.295 e. The Labute approximate surface area is 91.2 Å². The summed E-state index contributed by atoms with van der Waals surface area (Å²) in [6.07, 6.45) is 0.266. The van der Waals surface area contributed by atoms with E-state index in [0.717, 1.165) is 6.07 Å². The molecule has 9 heteroatoms. The molecule has 0 aromatic heterocycles. The predicted molar refractivity (Wildman–Crippen MR) is 51.5 cm³/mol. The molecule has 0 spiro atoms. The number of hydrogen-bond donors (Lipinski definition) is 2. The zero-order valence-electron chi connectivity index (χ0n) is 7.56. The van der Waals surface area contributed by atoms with Crippen LogP contribution >= 0.6 is 0 Å². The molecule has 0 aliphatic heterocycles. The van der Waals surface area contributed by atoms with Crippen LogP contribution in [-0.4, -0.2) is 32.2 Å². The molecule has 1 aromatic rings. The Morgan fingerprint density at radius 1 is 0.938 bits per heavy atom. The van der Waals surface area contributed by atoms with Crippen LogP contribution in [0.2, 0.25) is 0 Å². The zero-order chi connectivity index (χ0) is 12.6. The Morgan fingerprint density at radius 2 is 1.44 bits per heavy atom. The molecule has 0 aliphatic carbocycles. The molecule has 0 heterocycles. The Kier molecular flexibility index (Phi) is 3.15. The summed E-state index contributed by atoms with van der Waals surface area (Å²) in [6, 6.07) is 2.35. The summed E-state index contributed by atoms with van der Waals surface area (Å²) in [4.78, 5) is 8.33. The lowest BCUT2D eigenvalue weighted by molar-refractivity contribution is 0.112. The highest BCUT2D eigenvalue weighted by molar-refractivity contribution is 7.89. The van der Waals surface area contributed by atoms with Crippen molar-refractivity contribution in [3.05, 3.63) is 23.8 Å². The van der Waals surface area contributed by atoms with Gasteiger partial charge in [0.05, 0.1) is 0 Å². The number of hydrogen-bond acceptors (Lipinski definition) is 5. The Bertz CT molecular complexity index is 627. The van der Waals surface area contributed by atoms with E-state index in [0.29, 0.717) is 12.1 Å². The van der Waals surface area contributed by atoms with Gasteiger partial charge < -0.3 is 0 Å². The minimum Gasteiger partial charge on any atom is -0.298 e. The first-order valence-corrected chi connectivity index (χ1v) is 6.58. The molecule has 0 radical (unpaired) electrons. The van der Waals surface area contributed by atoms with Crippen LogP contribution in [0.3, 0.4) is 0 Å². The quantitative estimate of drug-likeness (QED) is 0.582. The van der Waals surface area contributed by atoms with E-state index in [-0.39, 0.29) is 11.8 Å². The van der Waals surface area contributed by atoms with Gasteiger partial charge in [-0.15, -0.1) is 0 Å². The number of benzene rings is 1. The molecule has 7 nitrogen and oxygen atoms in total. The van der Waals surface area contributed by atoms with Gasteiger partial charge in [-0.25, -0.2) is 0 Å². The summed E-state index contributed by atoms with van der Waals surface area (Å²) < 4.78 is 60.7. The van der Waals surface area contributed by atoms with E-state index in [2.05, 4.69) is 0 Å². The van der Waals surface area contributed by atoms with Crippen LogP contribution in [-0.2, 0) is 20.2 Å². The molecule has 16 heavy (non-hydrogen) atoms. The third-order valence-electron chi connectivity index (χ3n) is 1.66. The molecule has 1 rings (SSSR count). The second-order valence-corrected chi connectivity index (χ2v) is 5.55. The maximum absolute atomic E-state index is 10.8. The molecule has 1 aromatic carbocycles. The highest BCUT2D eigenvalue weighted by atomic mass is 32.2. The number of carbonyl (C=O) groups is 1. The molecule has 88 valence electrons. The molecule has 2 N–H and O–H groups in total. The first kappa shape index (κ1) is 12.8. The standard InChI is InChI=1S/C7H6O7S2/c8-4-5-1-2-6(15(9,10)11)7(3-5)16(12,13)14/h1-4H,(H,9,10,11)(H,12,13,14). The van der Waals surface area contributed by atoms with Crippen molar-refractivity contribution in [3.8, 4) is 0 Å². The first-order chi connectivity index (χ1) is 7.16. The minimum atomic E-state index is -4.85. The lowest BCUT2D eigenvalue weighted by atomic mass is 10.2. The van der Waals surface area contributed by atoms with Crippen LogP contribution in [0.25, 0.3) is 0 Å². The van der Waals surface area contributed by atoms with Crippen LogP contribution < -0.4 is 0 Å². The van der Waals surface area contributed by atoms with E-state index in [1.165, 1.54) is 0 Å². The normalized spacial score (nSPS) is 12.4. The summed E-state index contributed by atoms with van der Waals surface area (Å²) in [6.45, 7) is 0. The highest BCUT2D eigenvalue weighted by Crippen LogP contribution is 2.21. The molecular formula is C7H6O7S2. The summed E-state index contributed by atoms with van der Waals surface area (Å²) >= 11 is 0. The Hall–Kier alpha value is -1.29. The summed E-state index contributed by atoms with van der Waals surface area (Å²) in [5.41, 5.74) is -0.153. The topological polar surface area (TPSA) is 126 Å². The second-order valence-electron chi connectivity index (χ2n) is 2.77. The van der Waals surface area contributed by atoms with Gasteiger partial charge in [-0.05, 0) is 12.1 Å². The Balaban J connectivity index is 3.72. The highest BCUT2D eigenvalue weighted by Gasteiger charge is 2.23. The van der Waals surface area contributed by atoms with Crippen molar-refractivity contribution in [1.82, 2.24) is 0 Å². The number of carbonyl (C=O) groups excluding carboxylic acids is 1. The van der Waals surface area contributed by atoms with Crippen molar-refractivity contribution >= 4 is 26.5 Å². The van der Waals surface area contributed by atoms with Crippen LogP contribution in [0.15, 0.2) is 28.0 Å². The van der Waals surface area contributed by atoms with Gasteiger partial charge in [0.15, 0.2) is 0 Å². The van der Waals surface area contributed by atoms with Gasteiger partial charge in [0.25, 0.3) is 20.2 Å². The largest absolute Gasteiger partial charge is 0.298 e. The molecule has 0 bridgehead atoms. The van der Waals surface area contributed by atoms with Crippen molar-refractivity contribution < 1.29 is 30.7 Å². The van der Waals surface area contributed by atoms with Gasteiger partial charge in [0, 0.05) is 5.56 Å². The molecule has 0 unspecified atom stereocenters. The molecule has 0 saturated carbocycles. The van der Waals surface area contributed by atoms with E-state index < -0.39 is 30.0 Å². The van der Waals surface area contributed by atoms with Gasteiger partial charge in [0.2, 0.25) is 0 Å². The van der Waals surface area contributed by atoms with Gasteiger partial charge >= 0.3 is 0 Å². The molecule has 0 aliphatic rings. The number of rotatable bonds is 3. The fraction of sp³-hybridized carbons (Fsp3) is 0. The van der Waals surface area contributed by atoms with Crippen LogP contribution in [0.1, 0.15) is 10.4 Å². The molecular weight excluding hydrogens is 260 g/mol. The average Bonchev–Trinajstić information content (AvgIpc) is 2.14. The van der Waals surface area contributed by atoms with Crippen LogP contribution in [0, 0.1) is 0 Å². The average molecular weight is 266 g/mol. The van der Waals surface area contributed by atoms with Crippen LogP contribution in [0.5, 0.6) is 0 Å². The van der Waals surface area contributed by atoms with Gasteiger partial charge in [-0.3, -0.25) is 13.9 Å². The summed E-state index contributed by atoms with van der Waals surface area (Å²) in [5.74, 6) is 0. The van der Waals surface area contributed by atoms with E-state index in [1.54, 1.807) is 0 Å². The van der Waals surface area contributed by atoms with Crippen molar-refractivity contribution in [2.24, 2.45) is 0 Å². The third-order valence-corrected chi connectivity index (χ3v) is 3.59. The van der Waals surface area contributed by atoms with Crippen molar-refractivity contribution in [1.29, 1.82) is 0 Å². The SMILES string of the molecule is O=Cc1ccc(S(=O)(=O)O)c(S(=O)(=O)O)c1. The molecule has 0 atom stereocenters. The van der Waals surface area contributed by atoms with E-state index in [1.807, 2.05) is 0 Å². The van der Waals surface area contributed by atoms with Crippen molar-refractivity contribution in [2.75, 3.05) is 0 Å². The second kappa shape index (κ2) is 3.94. The fourth-order valence-electron chi connectivity index (χ4n) is 1.01. The molecule has 0 fully saturated rings. The fourth-order valence-corrected chi connectivity index (χ4v) is 2.80. The Morgan fingerprint density at radius 3 is 1.81 bits per heavy atom. The van der Waals surface area contributed by atoms with Gasteiger partial charge in [-0.1, -0.05) is 6.07 Å². The van der Waals surface area contributed by atoms with E-state index >= 15 is 0 Å². The van der Waals surface area contributed by atoms with E-state index in [9.17, 15) is 21.6 Å². The minimum absolute atomic E-state index is 0.153. The van der Waals surface area contributed by atoms with E-state index in [4.69, 9.17) is 9.11 Å². The summed E-state index contributed by atoms with van der Waals surface area (Å²) in [7, 11) is -9.64.